The van der Waals surface area contributed by atoms with Gasteiger partial charge in [0.1, 0.15) is 17.6 Å². The van der Waals surface area contributed by atoms with E-state index in [0.29, 0.717) is 6.54 Å². The molecule has 0 aliphatic carbocycles. The van der Waals surface area contributed by atoms with Gasteiger partial charge in [-0.3, -0.25) is 5.32 Å². The SMILES string of the molecule is C=C/C=C(/OC)c1cc(C#C[C@](C=C)(CN2Cc3ccc(CC)cc3C2=C)NC)ccc1C.CC=O. The van der Waals surface area contributed by atoms with Gasteiger partial charge in [-0.05, 0) is 68.3 Å². The Bertz CT molecular complexity index is 1210. The second-order valence-electron chi connectivity index (χ2n) is 8.56. The molecule has 0 radical (unpaired) electrons. The Balaban J connectivity index is 0.00000145. The normalized spacial score (nSPS) is 13.9. The minimum absolute atomic E-state index is 0.579. The second-order valence-corrected chi connectivity index (χ2v) is 8.56. The summed E-state index contributed by atoms with van der Waals surface area (Å²) in [5, 5.41) is 3.39. The number of hydrogen-bond donors (Lipinski definition) is 1. The summed E-state index contributed by atoms with van der Waals surface area (Å²) in [6.07, 6.45) is 7.25. The van der Waals surface area contributed by atoms with Crippen LogP contribution >= 0.6 is 0 Å². The van der Waals surface area contributed by atoms with Crippen molar-refractivity contribution in [1.29, 1.82) is 0 Å². The van der Waals surface area contributed by atoms with Crippen LogP contribution in [0.4, 0.5) is 0 Å². The Morgan fingerprint density at radius 1 is 1.25 bits per heavy atom. The van der Waals surface area contributed by atoms with Gasteiger partial charge in [0.25, 0.3) is 0 Å². The summed E-state index contributed by atoms with van der Waals surface area (Å²) in [5.74, 6) is 7.57. The number of ether oxygens (including phenoxy) is 1. The van der Waals surface area contributed by atoms with Gasteiger partial charge in [-0.15, -0.1) is 6.58 Å². The lowest BCUT2D eigenvalue weighted by Gasteiger charge is -2.31. The fraction of sp³-hybridized carbons (Fsp3) is 0.281. The average Bonchev–Trinajstić information content (AvgIpc) is 3.20. The molecule has 3 rings (SSSR count). The monoisotopic (exact) mass is 482 g/mol. The van der Waals surface area contributed by atoms with Gasteiger partial charge < -0.3 is 14.4 Å². The van der Waals surface area contributed by atoms with E-state index in [1.807, 2.05) is 25.3 Å². The molecule has 1 aliphatic rings. The standard InChI is InChI=1S/C30H34N2O.C2H4O/c1-8-11-29(33-7)27-19-25(13-12-22(27)4)16-17-30(10-3,31-6)21-32-20-26-15-14-24(9-2)18-28(26)23(32)5;1-2-3/h8,10-15,18-19,31H,1,3,5,9,20-21H2,2,4,6-7H3;2H,1H3/b29-11+;/t30-;/m1./s1. The summed E-state index contributed by atoms with van der Waals surface area (Å²) in [6, 6.07) is 12.8. The molecule has 0 spiro atoms. The van der Waals surface area contributed by atoms with Crippen LogP contribution in [0.5, 0.6) is 0 Å². The second kappa shape index (κ2) is 13.3. The molecule has 0 saturated carbocycles. The van der Waals surface area contributed by atoms with Crippen molar-refractivity contribution in [3.05, 3.63) is 108 Å². The zero-order valence-corrected chi connectivity index (χ0v) is 22.3. The van der Waals surface area contributed by atoms with Crippen molar-refractivity contribution < 1.29 is 9.53 Å². The molecule has 1 heterocycles. The number of benzene rings is 2. The molecule has 1 atom stereocenters. The molecule has 4 nitrogen and oxygen atoms in total. The van der Waals surface area contributed by atoms with E-state index in [9.17, 15) is 0 Å². The summed E-state index contributed by atoms with van der Waals surface area (Å²) >= 11 is 0. The number of carbonyl (C=O) groups excluding carboxylic acids is 1. The Morgan fingerprint density at radius 3 is 2.56 bits per heavy atom. The molecule has 2 aromatic carbocycles. The number of allylic oxidation sites excluding steroid dienone is 2. The lowest BCUT2D eigenvalue weighted by Crippen LogP contribution is -2.48. The maximum atomic E-state index is 8.81. The molecule has 188 valence electrons. The number of methoxy groups -OCH3 is 1. The predicted octanol–water partition coefficient (Wildman–Crippen LogP) is 5.92. The highest BCUT2D eigenvalue weighted by atomic mass is 16.5. The van der Waals surface area contributed by atoms with Crippen LogP contribution in [0.1, 0.15) is 47.2 Å². The number of fused-ring (bicyclic) bond motifs is 1. The Kier molecular flexibility index (Phi) is 10.5. The molecule has 0 bridgehead atoms. The maximum Gasteiger partial charge on any atom is 0.126 e. The molecule has 36 heavy (non-hydrogen) atoms. The van der Waals surface area contributed by atoms with Crippen LogP contribution < -0.4 is 5.32 Å². The topological polar surface area (TPSA) is 41.6 Å². The number of carbonyl (C=O) groups is 1. The highest BCUT2D eigenvalue weighted by Gasteiger charge is 2.30. The number of nitrogens with one attached hydrogen (secondary N) is 1. The van der Waals surface area contributed by atoms with E-state index in [1.54, 1.807) is 13.2 Å². The van der Waals surface area contributed by atoms with Crippen molar-refractivity contribution in [2.75, 3.05) is 20.7 Å². The Hall–Kier alpha value is -3.81. The van der Waals surface area contributed by atoms with Crippen molar-refractivity contribution in [1.82, 2.24) is 10.2 Å². The average molecular weight is 483 g/mol. The first-order valence-corrected chi connectivity index (χ1v) is 12.1. The third-order valence-electron chi connectivity index (χ3n) is 6.29. The molecular weight excluding hydrogens is 444 g/mol. The van der Waals surface area contributed by atoms with Gasteiger partial charge in [-0.1, -0.05) is 62.3 Å². The minimum Gasteiger partial charge on any atom is -0.496 e. The van der Waals surface area contributed by atoms with E-state index in [1.165, 1.54) is 23.6 Å². The van der Waals surface area contributed by atoms with E-state index in [2.05, 4.69) is 86.0 Å². The molecule has 0 fully saturated rings. The molecule has 0 saturated heterocycles. The molecular formula is C32H38N2O2. The van der Waals surface area contributed by atoms with E-state index < -0.39 is 5.54 Å². The molecule has 1 N–H and O–H groups in total. The third kappa shape index (κ3) is 6.65. The lowest BCUT2D eigenvalue weighted by molar-refractivity contribution is -0.106. The Labute approximate surface area is 217 Å². The van der Waals surface area contributed by atoms with E-state index >= 15 is 0 Å². The van der Waals surface area contributed by atoms with E-state index in [4.69, 9.17) is 9.53 Å². The first-order chi connectivity index (χ1) is 17.3. The van der Waals surface area contributed by atoms with Crippen LogP contribution in [0.25, 0.3) is 11.5 Å². The summed E-state index contributed by atoms with van der Waals surface area (Å²) < 4.78 is 5.54. The van der Waals surface area contributed by atoms with E-state index in [0.717, 1.165) is 47.4 Å². The number of hydrogen-bond acceptors (Lipinski definition) is 4. The van der Waals surface area contributed by atoms with Crippen LogP contribution in [0.3, 0.4) is 0 Å². The van der Waals surface area contributed by atoms with Gasteiger partial charge in [0.15, 0.2) is 0 Å². The third-order valence-corrected chi connectivity index (χ3v) is 6.29. The highest BCUT2D eigenvalue weighted by molar-refractivity contribution is 5.70. The van der Waals surface area contributed by atoms with Gasteiger partial charge in [0, 0.05) is 28.9 Å². The van der Waals surface area contributed by atoms with Gasteiger partial charge in [-0.2, -0.15) is 0 Å². The summed E-state index contributed by atoms with van der Waals surface area (Å²) in [6.45, 7) is 19.4. The van der Waals surface area contributed by atoms with Crippen molar-refractivity contribution >= 4 is 17.7 Å². The van der Waals surface area contributed by atoms with Crippen LogP contribution in [0.15, 0.2) is 74.4 Å². The van der Waals surface area contributed by atoms with Gasteiger partial charge in [0.2, 0.25) is 0 Å². The number of likely N-dealkylation sites (N-methyl/N-ethyl adjacent to an activating group) is 1. The molecule has 1 aliphatic heterocycles. The van der Waals surface area contributed by atoms with Crippen LogP contribution in [0, 0.1) is 18.8 Å². The first-order valence-electron chi connectivity index (χ1n) is 12.1. The zero-order valence-electron chi connectivity index (χ0n) is 22.3. The van der Waals surface area contributed by atoms with Crippen LogP contribution in [-0.2, 0) is 22.5 Å². The van der Waals surface area contributed by atoms with Crippen molar-refractivity contribution in [3.8, 4) is 11.8 Å². The molecule has 2 aromatic rings. The molecule has 0 unspecified atom stereocenters. The molecule has 4 heteroatoms. The van der Waals surface area contributed by atoms with E-state index in [-0.39, 0.29) is 0 Å². The van der Waals surface area contributed by atoms with Gasteiger partial charge in [0.05, 0.1) is 13.7 Å². The number of aryl methyl sites for hydroxylation is 2. The molecule has 0 aromatic heterocycles. The predicted molar refractivity (Wildman–Crippen MR) is 152 cm³/mol. The lowest BCUT2D eigenvalue weighted by atomic mass is 9.97. The first kappa shape index (κ1) is 28.4. The minimum atomic E-state index is -0.579. The zero-order chi connectivity index (χ0) is 26.7. The fourth-order valence-corrected chi connectivity index (χ4v) is 4.10. The van der Waals surface area contributed by atoms with Crippen LogP contribution in [-0.4, -0.2) is 37.4 Å². The number of nitrogens with zero attached hydrogens (tertiary/aromatic N) is 1. The van der Waals surface area contributed by atoms with Crippen molar-refractivity contribution in [3.63, 3.8) is 0 Å². The Morgan fingerprint density at radius 2 is 1.97 bits per heavy atom. The fourth-order valence-electron chi connectivity index (χ4n) is 4.10. The summed E-state index contributed by atoms with van der Waals surface area (Å²) in [4.78, 5) is 11.1. The largest absolute Gasteiger partial charge is 0.496 e. The highest BCUT2D eigenvalue weighted by Crippen LogP contribution is 2.33. The van der Waals surface area contributed by atoms with Crippen molar-refractivity contribution in [2.45, 2.75) is 39.3 Å². The van der Waals surface area contributed by atoms with Gasteiger partial charge in [-0.25, -0.2) is 0 Å². The van der Waals surface area contributed by atoms with Crippen molar-refractivity contribution in [2.24, 2.45) is 0 Å². The van der Waals surface area contributed by atoms with Crippen LogP contribution in [0.2, 0.25) is 0 Å². The summed E-state index contributed by atoms with van der Waals surface area (Å²) in [5.41, 5.74) is 7.38. The smallest absolute Gasteiger partial charge is 0.126 e. The molecule has 0 amide bonds. The maximum absolute atomic E-state index is 8.81. The number of rotatable bonds is 8. The summed E-state index contributed by atoms with van der Waals surface area (Å²) in [7, 11) is 3.59. The van der Waals surface area contributed by atoms with Gasteiger partial charge >= 0.3 is 0 Å². The quantitative estimate of drug-likeness (QED) is 0.167. The number of aldehydes is 1.